The molecule has 0 saturated carbocycles. The van der Waals surface area contributed by atoms with Gasteiger partial charge in [0.2, 0.25) is 12.5 Å². The van der Waals surface area contributed by atoms with Crippen LogP contribution in [0.1, 0.15) is 18.9 Å². The molecule has 84 valence electrons. The van der Waals surface area contributed by atoms with Gasteiger partial charge in [0.15, 0.2) is 11.5 Å². The molecule has 0 spiro atoms. The van der Waals surface area contributed by atoms with Gasteiger partial charge in [0, 0.05) is 12.5 Å². The second-order valence-corrected chi connectivity index (χ2v) is 3.36. The predicted octanol–water partition coefficient (Wildman–Crippen LogP) is 2.44. The van der Waals surface area contributed by atoms with Crippen molar-refractivity contribution in [1.29, 1.82) is 0 Å². The van der Waals surface area contributed by atoms with Crippen LogP contribution in [0.4, 0.5) is 0 Å². The molecule has 5 heteroatoms. The molecule has 0 N–H and O–H groups in total. The van der Waals surface area contributed by atoms with Crippen molar-refractivity contribution in [2.45, 2.75) is 13.3 Å². The van der Waals surface area contributed by atoms with E-state index >= 15 is 0 Å². The molecular weight excluding hydrogens is 210 g/mol. The highest BCUT2D eigenvalue weighted by Crippen LogP contribution is 2.33. The second kappa shape index (κ2) is 4.22. The third-order valence-electron chi connectivity index (χ3n) is 2.33. The Kier molecular flexibility index (Phi) is 2.76. The number of nitro groups is 1. The fourth-order valence-corrected chi connectivity index (χ4v) is 1.48. The second-order valence-electron chi connectivity index (χ2n) is 3.36. The maximum absolute atomic E-state index is 10.6. The van der Waals surface area contributed by atoms with Crippen LogP contribution >= 0.6 is 0 Å². The van der Waals surface area contributed by atoms with E-state index in [0.29, 0.717) is 17.9 Å². The monoisotopic (exact) mass is 221 g/mol. The first-order valence-electron chi connectivity index (χ1n) is 4.95. The predicted molar refractivity (Wildman–Crippen MR) is 57.8 cm³/mol. The molecule has 0 radical (unpaired) electrons. The first kappa shape index (κ1) is 10.5. The largest absolute Gasteiger partial charge is 0.454 e. The summed E-state index contributed by atoms with van der Waals surface area (Å²) in [7, 11) is 0. The van der Waals surface area contributed by atoms with Crippen molar-refractivity contribution >= 4 is 6.08 Å². The lowest BCUT2D eigenvalue weighted by Crippen LogP contribution is -1.96. The average molecular weight is 221 g/mol. The number of allylic oxidation sites excluding steroid dienone is 1. The molecule has 0 bridgehead atoms. The minimum atomic E-state index is -0.370. The zero-order valence-electron chi connectivity index (χ0n) is 8.80. The van der Waals surface area contributed by atoms with E-state index in [4.69, 9.17) is 9.47 Å². The zero-order chi connectivity index (χ0) is 11.5. The Morgan fingerprint density at radius 1 is 1.50 bits per heavy atom. The van der Waals surface area contributed by atoms with Gasteiger partial charge in [0.25, 0.3) is 0 Å². The maximum atomic E-state index is 10.6. The van der Waals surface area contributed by atoms with E-state index < -0.39 is 0 Å². The van der Waals surface area contributed by atoms with Crippen LogP contribution in [-0.2, 0) is 0 Å². The molecule has 0 saturated heterocycles. The van der Waals surface area contributed by atoms with Crippen molar-refractivity contribution in [2.24, 2.45) is 0 Å². The summed E-state index contributed by atoms with van der Waals surface area (Å²) in [6, 6.07) is 5.26. The van der Waals surface area contributed by atoms with Crippen molar-refractivity contribution in [3.63, 3.8) is 0 Å². The Labute approximate surface area is 92.4 Å². The number of benzene rings is 1. The highest BCUT2D eigenvalue weighted by atomic mass is 16.7. The van der Waals surface area contributed by atoms with Gasteiger partial charge in [-0.3, -0.25) is 10.1 Å². The minimum absolute atomic E-state index is 0.180. The molecule has 1 aromatic rings. The number of rotatable bonds is 3. The van der Waals surface area contributed by atoms with Gasteiger partial charge in [-0.1, -0.05) is 13.0 Å². The number of nitrogens with zero attached hydrogens (tertiary/aromatic N) is 1. The average Bonchev–Trinajstić information content (AvgIpc) is 2.72. The summed E-state index contributed by atoms with van der Waals surface area (Å²) in [4.78, 5) is 10.3. The van der Waals surface area contributed by atoms with E-state index in [2.05, 4.69) is 0 Å². The molecule has 2 rings (SSSR count). The molecule has 1 aromatic carbocycles. The third kappa shape index (κ3) is 1.98. The molecule has 0 unspecified atom stereocenters. The fraction of sp³-hybridized carbons (Fsp3) is 0.273. The minimum Gasteiger partial charge on any atom is -0.454 e. The summed E-state index contributed by atoms with van der Waals surface area (Å²) >= 11 is 0. The van der Waals surface area contributed by atoms with Gasteiger partial charge in [0.1, 0.15) is 0 Å². The molecule has 0 aliphatic carbocycles. The van der Waals surface area contributed by atoms with Crippen LogP contribution in [0.3, 0.4) is 0 Å². The van der Waals surface area contributed by atoms with Crippen LogP contribution in [0.15, 0.2) is 23.9 Å². The Morgan fingerprint density at radius 2 is 2.25 bits per heavy atom. The Morgan fingerprint density at radius 3 is 2.94 bits per heavy atom. The lowest BCUT2D eigenvalue weighted by atomic mass is 10.1. The van der Waals surface area contributed by atoms with Gasteiger partial charge in [-0.15, -0.1) is 0 Å². The molecule has 1 heterocycles. The SMILES string of the molecule is CCC(=Cc1ccc2c(c1)OCO2)[N+](=O)[O-]. The first-order valence-corrected chi connectivity index (χ1v) is 4.95. The molecule has 1 aliphatic rings. The number of fused-ring (bicyclic) bond motifs is 1. The molecule has 0 aromatic heterocycles. The maximum Gasteiger partial charge on any atom is 0.246 e. The molecule has 0 amide bonds. The number of ether oxygens (including phenoxy) is 2. The van der Waals surface area contributed by atoms with Gasteiger partial charge in [-0.05, 0) is 17.7 Å². The van der Waals surface area contributed by atoms with Gasteiger partial charge in [-0.25, -0.2) is 0 Å². The van der Waals surface area contributed by atoms with E-state index in [9.17, 15) is 10.1 Å². The van der Waals surface area contributed by atoms with Crippen molar-refractivity contribution in [3.8, 4) is 11.5 Å². The van der Waals surface area contributed by atoms with Crippen LogP contribution in [0.25, 0.3) is 6.08 Å². The lowest BCUT2D eigenvalue weighted by Gasteiger charge is -1.98. The van der Waals surface area contributed by atoms with Crippen molar-refractivity contribution in [3.05, 3.63) is 39.6 Å². The molecule has 0 fully saturated rings. The molecule has 1 aliphatic heterocycles. The summed E-state index contributed by atoms with van der Waals surface area (Å²) in [5.41, 5.74) is 0.927. The summed E-state index contributed by atoms with van der Waals surface area (Å²) in [5, 5.41) is 10.6. The van der Waals surface area contributed by atoms with Crippen LogP contribution in [0.5, 0.6) is 11.5 Å². The fourth-order valence-electron chi connectivity index (χ4n) is 1.48. The Hall–Kier alpha value is -2.04. The topological polar surface area (TPSA) is 61.6 Å². The van der Waals surface area contributed by atoms with Crippen LogP contribution in [0, 0.1) is 10.1 Å². The van der Waals surface area contributed by atoms with Crippen molar-refractivity contribution < 1.29 is 14.4 Å². The van der Waals surface area contributed by atoms with Gasteiger partial charge < -0.3 is 9.47 Å². The lowest BCUT2D eigenvalue weighted by molar-refractivity contribution is -0.425. The standard InChI is InChI=1S/C11H11NO4/c1-2-9(12(13)14)5-8-3-4-10-11(6-8)16-7-15-10/h3-6H,2,7H2,1H3. The van der Waals surface area contributed by atoms with Crippen LogP contribution < -0.4 is 9.47 Å². The Bertz CT molecular complexity index is 453. The summed E-state index contributed by atoms with van der Waals surface area (Å²) in [6.07, 6.45) is 1.93. The summed E-state index contributed by atoms with van der Waals surface area (Å²) in [6.45, 7) is 1.96. The molecule has 16 heavy (non-hydrogen) atoms. The Balaban J connectivity index is 2.31. The molecular formula is C11H11NO4. The van der Waals surface area contributed by atoms with Crippen LogP contribution in [0.2, 0.25) is 0 Å². The van der Waals surface area contributed by atoms with Gasteiger partial charge in [-0.2, -0.15) is 0 Å². The quantitative estimate of drug-likeness (QED) is 0.581. The van der Waals surface area contributed by atoms with E-state index in [1.165, 1.54) is 0 Å². The van der Waals surface area contributed by atoms with Crippen molar-refractivity contribution in [2.75, 3.05) is 6.79 Å². The van der Waals surface area contributed by atoms with Crippen molar-refractivity contribution in [1.82, 2.24) is 0 Å². The number of hydrogen-bond acceptors (Lipinski definition) is 4. The van der Waals surface area contributed by atoms with Gasteiger partial charge in [0.05, 0.1) is 4.92 Å². The van der Waals surface area contributed by atoms with Crippen LogP contribution in [-0.4, -0.2) is 11.7 Å². The van der Waals surface area contributed by atoms with E-state index in [0.717, 1.165) is 5.56 Å². The zero-order valence-corrected chi connectivity index (χ0v) is 8.80. The molecule has 5 nitrogen and oxygen atoms in total. The van der Waals surface area contributed by atoms with E-state index in [1.807, 2.05) is 0 Å². The smallest absolute Gasteiger partial charge is 0.246 e. The molecule has 0 atom stereocenters. The third-order valence-corrected chi connectivity index (χ3v) is 2.33. The first-order chi connectivity index (χ1) is 7.70. The number of hydrogen-bond donors (Lipinski definition) is 0. The summed E-state index contributed by atoms with van der Waals surface area (Å²) < 4.78 is 10.3. The normalized spacial score (nSPS) is 13.9. The van der Waals surface area contributed by atoms with E-state index in [-0.39, 0.29) is 17.4 Å². The highest BCUT2D eigenvalue weighted by molar-refractivity contribution is 5.57. The van der Waals surface area contributed by atoms with Gasteiger partial charge >= 0.3 is 0 Å². The van der Waals surface area contributed by atoms with E-state index in [1.54, 1.807) is 31.2 Å². The highest BCUT2D eigenvalue weighted by Gasteiger charge is 2.14. The summed E-state index contributed by atoms with van der Waals surface area (Å²) in [5.74, 6) is 1.31.